The zero-order valence-electron chi connectivity index (χ0n) is 20.9. The van der Waals surface area contributed by atoms with Crippen molar-refractivity contribution in [2.45, 2.75) is 64.0 Å². The Morgan fingerprint density at radius 1 is 1.06 bits per heavy atom. The van der Waals surface area contributed by atoms with Crippen LogP contribution in [0.4, 0.5) is 0 Å². The van der Waals surface area contributed by atoms with Gasteiger partial charge in [-0.15, -0.1) is 6.58 Å². The third kappa shape index (κ3) is 3.46. The van der Waals surface area contributed by atoms with Crippen molar-refractivity contribution in [3.8, 4) is 5.75 Å². The van der Waals surface area contributed by atoms with Crippen LogP contribution < -0.4 is 9.92 Å². The maximum Gasteiger partial charge on any atom is 0.490 e. The van der Waals surface area contributed by atoms with E-state index in [2.05, 4.69) is 95.0 Å². The topological polar surface area (TPSA) is 27.7 Å². The summed E-state index contributed by atoms with van der Waals surface area (Å²) in [4.78, 5) is 0. The van der Waals surface area contributed by atoms with E-state index in [1.54, 1.807) is 7.11 Å². The van der Waals surface area contributed by atoms with E-state index in [4.69, 9.17) is 14.0 Å². The fourth-order valence-electron chi connectivity index (χ4n) is 7.09. The molecule has 3 nitrogen and oxygen atoms in total. The van der Waals surface area contributed by atoms with Crippen molar-refractivity contribution in [1.29, 1.82) is 0 Å². The van der Waals surface area contributed by atoms with E-state index >= 15 is 0 Å². The van der Waals surface area contributed by atoms with Gasteiger partial charge in [-0.05, 0) is 60.2 Å². The molecule has 2 aromatic carbocycles. The van der Waals surface area contributed by atoms with Gasteiger partial charge in [0.2, 0.25) is 0 Å². The summed E-state index contributed by atoms with van der Waals surface area (Å²) in [6, 6.07) is 19.4. The summed E-state index contributed by atoms with van der Waals surface area (Å²) < 4.78 is 19.0. The maximum absolute atomic E-state index is 6.85. The Kier molecular flexibility index (Phi) is 5.47. The minimum absolute atomic E-state index is 0.161. The lowest BCUT2D eigenvalue weighted by molar-refractivity contribution is -0.199. The van der Waals surface area contributed by atoms with E-state index in [1.165, 1.54) is 17.2 Å². The highest BCUT2D eigenvalue weighted by atomic mass is 28.3. The van der Waals surface area contributed by atoms with Gasteiger partial charge in [-0.2, -0.15) is 0 Å². The highest BCUT2D eigenvalue weighted by molar-refractivity contribution is 6.92. The van der Waals surface area contributed by atoms with Gasteiger partial charge in [0.1, 0.15) is 5.75 Å². The number of allylic oxidation sites excluding steroid dienone is 1. The quantitative estimate of drug-likeness (QED) is 0.513. The Labute approximate surface area is 200 Å². The third-order valence-corrected chi connectivity index (χ3v) is 13.3. The van der Waals surface area contributed by atoms with Gasteiger partial charge >= 0.3 is 7.12 Å². The first-order valence-corrected chi connectivity index (χ1v) is 15.4. The molecule has 0 amide bonds. The highest BCUT2D eigenvalue weighted by Gasteiger charge is 2.68. The Balaban J connectivity index is 1.50. The Morgan fingerprint density at radius 2 is 1.73 bits per heavy atom. The molecule has 4 fully saturated rings. The van der Waals surface area contributed by atoms with Crippen LogP contribution in [-0.2, 0) is 9.31 Å². The molecule has 4 aliphatic rings. The molecule has 2 bridgehead atoms. The summed E-state index contributed by atoms with van der Waals surface area (Å²) in [5, 5.41) is 1.41. The minimum Gasteiger partial charge on any atom is -0.497 e. The maximum atomic E-state index is 6.85. The summed E-state index contributed by atoms with van der Waals surface area (Å²) in [6.45, 7) is 16.6. The largest absolute Gasteiger partial charge is 0.497 e. The molecule has 1 saturated heterocycles. The highest BCUT2D eigenvalue weighted by Crippen LogP contribution is 2.66. The average Bonchev–Trinajstić information content (AvgIpc) is 3.17. The van der Waals surface area contributed by atoms with Crippen LogP contribution in [0.15, 0.2) is 66.6 Å². The van der Waals surface area contributed by atoms with Gasteiger partial charge in [0.05, 0.1) is 26.9 Å². The monoisotopic (exact) mass is 460 g/mol. The Hall–Kier alpha value is -1.82. The molecule has 1 aliphatic heterocycles. The van der Waals surface area contributed by atoms with Gasteiger partial charge in [0, 0.05) is 5.54 Å². The zero-order valence-corrected chi connectivity index (χ0v) is 21.9. The zero-order chi connectivity index (χ0) is 23.6. The van der Waals surface area contributed by atoms with Crippen LogP contribution in [-0.4, -0.2) is 34.0 Å². The summed E-state index contributed by atoms with van der Waals surface area (Å²) in [7, 11) is -0.668. The first kappa shape index (κ1) is 22.9. The molecular formula is C28H37BO3Si. The predicted octanol–water partition coefficient (Wildman–Crippen LogP) is 5.76. The van der Waals surface area contributed by atoms with Gasteiger partial charge in [0.25, 0.3) is 0 Å². The molecule has 0 radical (unpaired) electrons. The summed E-state index contributed by atoms with van der Waals surface area (Å²) in [5.41, 5.74) is 2.60. The van der Waals surface area contributed by atoms with Crippen LogP contribution in [0.25, 0.3) is 0 Å². The Morgan fingerprint density at radius 3 is 2.33 bits per heavy atom. The minimum atomic E-state index is -2.02. The lowest BCUT2D eigenvalue weighted by Crippen LogP contribution is -2.65. The third-order valence-electron chi connectivity index (χ3n) is 9.31. The van der Waals surface area contributed by atoms with Crippen molar-refractivity contribution in [2.24, 2.45) is 17.3 Å². The van der Waals surface area contributed by atoms with Gasteiger partial charge in [-0.25, -0.2) is 0 Å². The molecule has 0 aromatic heterocycles. The molecule has 0 unspecified atom stereocenters. The van der Waals surface area contributed by atoms with Gasteiger partial charge in [-0.1, -0.05) is 74.6 Å². The number of benzene rings is 2. The van der Waals surface area contributed by atoms with Gasteiger partial charge in [0.15, 0.2) is 0 Å². The van der Waals surface area contributed by atoms with Crippen LogP contribution >= 0.6 is 0 Å². The first-order valence-electron chi connectivity index (χ1n) is 12.3. The van der Waals surface area contributed by atoms with E-state index in [-0.39, 0.29) is 24.4 Å². The van der Waals surface area contributed by atoms with Crippen LogP contribution in [0.1, 0.15) is 44.7 Å². The van der Waals surface area contributed by atoms with E-state index in [0.29, 0.717) is 11.3 Å². The average molecular weight is 460 g/mol. The molecule has 5 heteroatoms. The van der Waals surface area contributed by atoms with Crippen LogP contribution in [0.5, 0.6) is 5.75 Å². The normalized spacial score (nSPS) is 30.8. The van der Waals surface area contributed by atoms with Crippen LogP contribution in [0.3, 0.4) is 0 Å². The standard InChI is InChI=1S/C28H37BO3Si/c1-19(29-31-25-18-21-17-24(27(21,2)3)28(25,4)32-29)26(20-13-15-22(30-5)16-14-20)33(6,7)23-11-9-8-10-12-23/h8-16,21,24-26H,1,17-18H2,2-7H3/t21-,24-,25+,26-,28-/m1/s1. The summed E-state index contributed by atoms with van der Waals surface area (Å²) in [6.07, 6.45) is 2.51. The smallest absolute Gasteiger partial charge is 0.490 e. The molecule has 174 valence electrons. The molecule has 1 heterocycles. The van der Waals surface area contributed by atoms with Crippen molar-refractivity contribution in [3.05, 3.63) is 72.2 Å². The van der Waals surface area contributed by atoms with E-state index in [0.717, 1.165) is 23.6 Å². The lowest BCUT2D eigenvalue weighted by atomic mass is 9.43. The number of methoxy groups -OCH3 is 1. The summed E-state index contributed by atoms with van der Waals surface area (Å²) >= 11 is 0. The predicted molar refractivity (Wildman–Crippen MR) is 139 cm³/mol. The van der Waals surface area contributed by atoms with E-state index < -0.39 is 8.07 Å². The molecular weight excluding hydrogens is 423 g/mol. The molecule has 6 rings (SSSR count). The number of rotatable bonds is 6. The van der Waals surface area contributed by atoms with Crippen molar-refractivity contribution in [1.82, 2.24) is 0 Å². The SMILES string of the molecule is C=C(B1O[C@H]2C[C@H]3C[C@H](C3(C)C)[C@@]2(C)O1)[C@H](c1ccc(OC)cc1)[Si](C)(C)c1ccccc1. The second-order valence-corrected chi connectivity index (χ2v) is 16.3. The second kappa shape index (κ2) is 7.86. The Bertz CT molecular complexity index is 1030. The molecule has 0 spiro atoms. The van der Waals surface area contributed by atoms with E-state index in [9.17, 15) is 0 Å². The molecule has 3 aliphatic carbocycles. The van der Waals surface area contributed by atoms with Gasteiger partial charge < -0.3 is 14.0 Å². The van der Waals surface area contributed by atoms with Crippen molar-refractivity contribution in [3.63, 3.8) is 0 Å². The fourth-order valence-corrected chi connectivity index (χ4v) is 10.6. The van der Waals surface area contributed by atoms with Crippen molar-refractivity contribution in [2.75, 3.05) is 7.11 Å². The molecule has 3 saturated carbocycles. The summed E-state index contributed by atoms with van der Waals surface area (Å²) in [5.74, 6) is 2.16. The number of hydrogen-bond acceptors (Lipinski definition) is 3. The van der Waals surface area contributed by atoms with Crippen molar-refractivity contribution >= 4 is 20.4 Å². The molecule has 0 N–H and O–H groups in total. The number of hydrogen-bond donors (Lipinski definition) is 0. The first-order chi connectivity index (χ1) is 15.6. The second-order valence-electron chi connectivity index (χ2n) is 11.7. The lowest BCUT2D eigenvalue weighted by Gasteiger charge is -2.64. The number of ether oxygens (including phenoxy) is 1. The molecule has 2 aromatic rings. The van der Waals surface area contributed by atoms with Gasteiger partial charge in [-0.3, -0.25) is 0 Å². The molecule has 33 heavy (non-hydrogen) atoms. The van der Waals surface area contributed by atoms with E-state index in [1.807, 2.05) is 0 Å². The fraction of sp³-hybridized carbons (Fsp3) is 0.500. The van der Waals surface area contributed by atoms with Crippen molar-refractivity contribution < 1.29 is 14.0 Å². The van der Waals surface area contributed by atoms with Crippen LogP contribution in [0, 0.1) is 17.3 Å². The molecule has 5 atom stereocenters. The van der Waals surface area contributed by atoms with Crippen LogP contribution in [0.2, 0.25) is 13.1 Å².